The molecule has 10 heteroatoms. The number of nitrogens with one attached hydrogen (secondary N) is 1. The van der Waals surface area contributed by atoms with Gasteiger partial charge in [0.1, 0.15) is 17.2 Å². The fraction of sp³-hybridized carbons (Fsp3) is 0.381. The zero-order valence-electron chi connectivity index (χ0n) is 17.4. The van der Waals surface area contributed by atoms with Crippen molar-refractivity contribution in [3.63, 3.8) is 0 Å². The third-order valence-electron chi connectivity index (χ3n) is 5.92. The van der Waals surface area contributed by atoms with Gasteiger partial charge in [0.15, 0.2) is 0 Å². The smallest absolute Gasteiger partial charge is 0.261 e. The van der Waals surface area contributed by atoms with E-state index in [-0.39, 0.29) is 17.9 Å². The first-order valence-electron chi connectivity index (χ1n) is 10.1. The number of nitrogens with zero attached hydrogens (tertiary/aromatic N) is 4. The molecule has 1 atom stereocenters. The number of hydrogen-bond donors (Lipinski definition) is 1. The average molecular weight is 442 g/mol. The Hall–Kier alpha value is -2.82. The zero-order valence-corrected chi connectivity index (χ0v) is 18.2. The molecule has 31 heavy (non-hydrogen) atoms. The Morgan fingerprint density at radius 3 is 2.71 bits per heavy atom. The van der Waals surface area contributed by atoms with E-state index in [4.69, 9.17) is 4.42 Å². The molecule has 1 fully saturated rings. The van der Waals surface area contributed by atoms with Crippen molar-refractivity contribution in [2.75, 3.05) is 37.8 Å². The summed E-state index contributed by atoms with van der Waals surface area (Å²) in [5, 5.41) is 3.29. The quantitative estimate of drug-likeness (QED) is 0.651. The zero-order chi connectivity index (χ0) is 21.7. The van der Waals surface area contributed by atoms with E-state index in [0.717, 1.165) is 42.9 Å². The fourth-order valence-electron chi connectivity index (χ4n) is 4.31. The van der Waals surface area contributed by atoms with E-state index < -0.39 is 11.0 Å². The van der Waals surface area contributed by atoms with Crippen LogP contribution in [0.25, 0.3) is 22.1 Å². The fourth-order valence-corrected chi connectivity index (χ4v) is 4.98. The number of furan rings is 1. The molecule has 0 saturated carbocycles. The first kappa shape index (κ1) is 20.1. The Kier molecular flexibility index (Phi) is 4.99. The number of hydrogen-bond acceptors (Lipinski definition) is 6. The highest BCUT2D eigenvalue weighted by atomic mass is 32.2. The van der Waals surface area contributed by atoms with Gasteiger partial charge < -0.3 is 14.3 Å². The maximum Gasteiger partial charge on any atom is 0.261 e. The lowest BCUT2D eigenvalue weighted by molar-refractivity contribution is -0.115. The highest BCUT2D eigenvalue weighted by Crippen LogP contribution is 2.36. The summed E-state index contributed by atoms with van der Waals surface area (Å²) in [5.74, 6) is 1.18. The lowest BCUT2D eigenvalue weighted by atomic mass is 10.0. The average Bonchev–Trinajstić information content (AvgIpc) is 3.34. The largest absolute Gasteiger partial charge is 0.459 e. The molecule has 2 aliphatic rings. The molecule has 162 valence electrons. The highest BCUT2D eigenvalue weighted by Gasteiger charge is 2.26. The molecule has 0 aromatic carbocycles. The molecule has 3 aromatic rings. The Morgan fingerprint density at radius 1 is 1.19 bits per heavy atom. The molecule has 1 amide bonds. The van der Waals surface area contributed by atoms with Crippen LogP contribution in [0.4, 0.5) is 5.82 Å². The van der Waals surface area contributed by atoms with Crippen LogP contribution >= 0.6 is 0 Å². The van der Waals surface area contributed by atoms with Gasteiger partial charge >= 0.3 is 0 Å². The molecule has 1 N–H and O–H groups in total. The van der Waals surface area contributed by atoms with Crippen LogP contribution in [0.2, 0.25) is 0 Å². The number of carbonyl (C=O) groups is 1. The van der Waals surface area contributed by atoms with Gasteiger partial charge in [0.05, 0.1) is 29.3 Å². The number of aryl methyl sites for hydroxylation is 1. The minimum Gasteiger partial charge on any atom is -0.459 e. The van der Waals surface area contributed by atoms with E-state index in [1.807, 2.05) is 16.4 Å². The topological polar surface area (TPSA) is 101 Å². The summed E-state index contributed by atoms with van der Waals surface area (Å²) in [6, 6.07) is 3.67. The molecule has 3 aromatic heterocycles. The standard InChI is InChI=1S/C21H23N5O4S/c1-24-12-17(14-3-4-22-20-15(14)10-18(27)23-20)19-16(21(24)28)9-13(30-19)11-25-5-7-26(8-6-25)31(2)29/h3-4,9,12H,5-8,10-11H2,1-2H3,(H,22,23,27). The van der Waals surface area contributed by atoms with Crippen LogP contribution in [0.1, 0.15) is 11.3 Å². The molecular formula is C21H23N5O4S. The number of amides is 1. The third-order valence-corrected chi connectivity index (χ3v) is 7.01. The number of fused-ring (bicyclic) bond motifs is 2. The van der Waals surface area contributed by atoms with Gasteiger partial charge in [-0.25, -0.2) is 13.5 Å². The van der Waals surface area contributed by atoms with Crippen LogP contribution in [0.5, 0.6) is 0 Å². The number of anilines is 1. The van der Waals surface area contributed by atoms with E-state index in [2.05, 4.69) is 15.2 Å². The second kappa shape index (κ2) is 7.70. The molecule has 1 saturated heterocycles. The molecule has 0 radical (unpaired) electrons. The summed E-state index contributed by atoms with van der Waals surface area (Å²) in [7, 11) is 0.761. The lowest BCUT2D eigenvalue weighted by Crippen LogP contribution is -2.46. The molecule has 0 bridgehead atoms. The Balaban J connectivity index is 1.52. The van der Waals surface area contributed by atoms with Crippen molar-refractivity contribution < 1.29 is 13.4 Å². The second-order valence-electron chi connectivity index (χ2n) is 7.95. The summed E-state index contributed by atoms with van der Waals surface area (Å²) >= 11 is 0. The van der Waals surface area contributed by atoms with Crippen molar-refractivity contribution in [1.29, 1.82) is 0 Å². The van der Waals surface area contributed by atoms with Crippen molar-refractivity contribution in [2.24, 2.45) is 7.05 Å². The lowest BCUT2D eigenvalue weighted by Gasteiger charge is -2.32. The maximum absolute atomic E-state index is 12.8. The predicted molar refractivity (Wildman–Crippen MR) is 118 cm³/mol. The van der Waals surface area contributed by atoms with E-state index in [1.54, 1.807) is 30.3 Å². The van der Waals surface area contributed by atoms with Crippen LogP contribution in [-0.4, -0.2) is 61.3 Å². The maximum atomic E-state index is 12.8. The van der Waals surface area contributed by atoms with E-state index >= 15 is 0 Å². The van der Waals surface area contributed by atoms with E-state index in [1.165, 1.54) is 0 Å². The molecule has 0 aliphatic carbocycles. The van der Waals surface area contributed by atoms with Gasteiger partial charge in [0.2, 0.25) is 5.91 Å². The first-order valence-corrected chi connectivity index (χ1v) is 11.6. The summed E-state index contributed by atoms with van der Waals surface area (Å²) in [6.45, 7) is 3.62. The molecule has 2 aliphatic heterocycles. The predicted octanol–water partition coefficient (Wildman–Crippen LogP) is 1.10. The van der Waals surface area contributed by atoms with Crippen LogP contribution in [0.3, 0.4) is 0 Å². The minimum absolute atomic E-state index is 0.0942. The second-order valence-corrected chi connectivity index (χ2v) is 9.32. The van der Waals surface area contributed by atoms with Gasteiger partial charge in [-0.15, -0.1) is 0 Å². The van der Waals surface area contributed by atoms with Crippen molar-refractivity contribution in [3.8, 4) is 11.1 Å². The number of piperazine rings is 1. The molecule has 5 rings (SSSR count). The highest BCUT2D eigenvalue weighted by molar-refractivity contribution is 7.81. The third kappa shape index (κ3) is 3.60. The van der Waals surface area contributed by atoms with Gasteiger partial charge in [0.25, 0.3) is 5.56 Å². The van der Waals surface area contributed by atoms with Gasteiger partial charge in [0, 0.05) is 63.0 Å². The molecular weight excluding hydrogens is 418 g/mol. The van der Waals surface area contributed by atoms with Crippen LogP contribution in [0, 0.1) is 0 Å². The summed E-state index contributed by atoms with van der Waals surface area (Å²) in [4.78, 5) is 31.2. The van der Waals surface area contributed by atoms with E-state index in [9.17, 15) is 13.8 Å². The van der Waals surface area contributed by atoms with Gasteiger partial charge in [-0.1, -0.05) is 0 Å². The van der Waals surface area contributed by atoms with Crippen molar-refractivity contribution in [2.45, 2.75) is 13.0 Å². The van der Waals surface area contributed by atoms with Crippen LogP contribution < -0.4 is 10.9 Å². The first-order chi connectivity index (χ1) is 14.9. The number of carbonyl (C=O) groups excluding carboxylic acids is 1. The van der Waals surface area contributed by atoms with Crippen molar-refractivity contribution in [1.82, 2.24) is 18.8 Å². The Labute approximate surface area is 181 Å². The Bertz CT molecular complexity index is 1270. The minimum atomic E-state index is -0.954. The number of rotatable bonds is 4. The number of aromatic nitrogens is 2. The molecule has 1 unspecified atom stereocenters. The van der Waals surface area contributed by atoms with Crippen molar-refractivity contribution in [3.05, 3.63) is 46.2 Å². The number of pyridine rings is 2. The molecule has 9 nitrogen and oxygen atoms in total. The SMILES string of the molecule is Cn1cc(-c2ccnc3c2CC(=O)N3)c2oc(CN3CCN(S(C)=O)CC3)cc2c1=O. The molecule has 0 spiro atoms. The van der Waals surface area contributed by atoms with Gasteiger partial charge in [-0.05, 0) is 17.7 Å². The summed E-state index contributed by atoms with van der Waals surface area (Å²) in [6.07, 6.45) is 5.36. The molecule has 5 heterocycles. The van der Waals surface area contributed by atoms with E-state index in [0.29, 0.717) is 29.1 Å². The van der Waals surface area contributed by atoms with Gasteiger partial charge in [-0.2, -0.15) is 0 Å². The van der Waals surface area contributed by atoms with Crippen molar-refractivity contribution >= 4 is 33.7 Å². The van der Waals surface area contributed by atoms with Gasteiger partial charge in [-0.3, -0.25) is 14.5 Å². The normalized spacial score (nSPS) is 18.3. The summed E-state index contributed by atoms with van der Waals surface area (Å²) < 4.78 is 21.3. The Morgan fingerprint density at radius 2 is 1.97 bits per heavy atom. The van der Waals surface area contributed by atoms with Crippen LogP contribution in [0.15, 0.2) is 33.7 Å². The monoisotopic (exact) mass is 441 g/mol. The summed E-state index contributed by atoms with van der Waals surface area (Å²) in [5.41, 5.74) is 2.82. The van der Waals surface area contributed by atoms with Crippen LogP contribution in [-0.2, 0) is 35.8 Å².